The lowest BCUT2D eigenvalue weighted by molar-refractivity contribution is 0.126. The molecule has 4 heteroatoms. The lowest BCUT2D eigenvalue weighted by Gasteiger charge is -2.18. The number of hydrogen-bond donors (Lipinski definition) is 1. The molecule has 0 radical (unpaired) electrons. The normalized spacial score (nSPS) is 21.5. The Hall–Kier alpha value is -1.81. The monoisotopic (exact) mass is 258 g/mol. The van der Waals surface area contributed by atoms with E-state index in [4.69, 9.17) is 4.74 Å². The minimum Gasteiger partial charge on any atom is -0.497 e. The first-order chi connectivity index (χ1) is 9.11. The van der Waals surface area contributed by atoms with Crippen molar-refractivity contribution in [3.05, 3.63) is 47.0 Å². The van der Waals surface area contributed by atoms with Gasteiger partial charge in [0.25, 0.3) is 0 Å². The average Bonchev–Trinajstić information content (AvgIpc) is 2.92. The number of imidazole rings is 1. The molecule has 0 spiro atoms. The summed E-state index contributed by atoms with van der Waals surface area (Å²) in [5.74, 6) is 0.789. The van der Waals surface area contributed by atoms with Gasteiger partial charge in [0.1, 0.15) is 11.9 Å². The number of rotatable bonds is 2. The Morgan fingerprint density at radius 1 is 1.37 bits per heavy atom. The molecule has 0 aliphatic heterocycles. The highest BCUT2D eigenvalue weighted by atomic mass is 16.5. The number of hydrogen-bond acceptors (Lipinski definition) is 3. The summed E-state index contributed by atoms with van der Waals surface area (Å²) in [7, 11) is 1.64. The van der Waals surface area contributed by atoms with Gasteiger partial charge in [-0.1, -0.05) is 6.07 Å². The number of aryl methyl sites for hydroxylation is 1. The van der Waals surface area contributed by atoms with E-state index in [1.165, 1.54) is 5.56 Å². The van der Waals surface area contributed by atoms with Crippen LogP contribution in [0.3, 0.4) is 0 Å². The first-order valence-electron chi connectivity index (χ1n) is 6.46. The molecule has 19 heavy (non-hydrogen) atoms. The molecule has 4 nitrogen and oxygen atoms in total. The van der Waals surface area contributed by atoms with Gasteiger partial charge in [-0.3, -0.25) is 0 Å². The van der Waals surface area contributed by atoms with E-state index in [0.717, 1.165) is 29.1 Å². The van der Waals surface area contributed by atoms with Gasteiger partial charge in [0.05, 0.1) is 25.2 Å². The summed E-state index contributed by atoms with van der Waals surface area (Å²) in [6.45, 7) is 4.03. The largest absolute Gasteiger partial charge is 0.497 e. The predicted octanol–water partition coefficient (Wildman–Crippen LogP) is 2.34. The van der Waals surface area contributed by atoms with E-state index in [1.54, 1.807) is 7.11 Å². The summed E-state index contributed by atoms with van der Waals surface area (Å²) in [6, 6.07) is 5.94. The number of benzene rings is 1. The molecule has 100 valence electrons. The van der Waals surface area contributed by atoms with Crippen molar-refractivity contribution in [1.82, 2.24) is 9.55 Å². The Balaban J connectivity index is 1.99. The Kier molecular flexibility index (Phi) is 2.82. The number of aromatic nitrogens is 2. The summed E-state index contributed by atoms with van der Waals surface area (Å²) in [4.78, 5) is 4.32. The molecule has 2 aromatic rings. The van der Waals surface area contributed by atoms with E-state index in [2.05, 4.69) is 9.55 Å². The van der Waals surface area contributed by atoms with Gasteiger partial charge in [-0.2, -0.15) is 0 Å². The van der Waals surface area contributed by atoms with Gasteiger partial charge < -0.3 is 14.4 Å². The van der Waals surface area contributed by atoms with Gasteiger partial charge in [0.2, 0.25) is 0 Å². The second kappa shape index (κ2) is 4.38. The quantitative estimate of drug-likeness (QED) is 0.899. The van der Waals surface area contributed by atoms with E-state index in [1.807, 2.05) is 38.4 Å². The van der Waals surface area contributed by atoms with Gasteiger partial charge in [-0.05, 0) is 43.5 Å². The summed E-state index contributed by atoms with van der Waals surface area (Å²) < 4.78 is 7.30. The first kappa shape index (κ1) is 12.2. The SMILES string of the molecule is COc1ccc2c(c1)C(O)C(n1cnc(C)c1C)C2. The first-order valence-corrected chi connectivity index (χ1v) is 6.46. The van der Waals surface area contributed by atoms with Crippen LogP contribution >= 0.6 is 0 Å². The Labute approximate surface area is 112 Å². The number of ether oxygens (including phenoxy) is 1. The highest BCUT2D eigenvalue weighted by Crippen LogP contribution is 2.41. The molecule has 3 rings (SSSR count). The Bertz CT molecular complexity index is 619. The predicted molar refractivity (Wildman–Crippen MR) is 72.4 cm³/mol. The standard InChI is InChI=1S/C15H18N2O2/c1-9-10(2)17(8-16-9)14-6-11-4-5-12(19-3)7-13(11)15(14)18/h4-5,7-8,14-15,18H,6H2,1-3H3. The summed E-state index contributed by atoms with van der Waals surface area (Å²) >= 11 is 0. The molecule has 1 heterocycles. The Morgan fingerprint density at radius 2 is 2.16 bits per heavy atom. The Morgan fingerprint density at radius 3 is 2.79 bits per heavy atom. The maximum atomic E-state index is 10.5. The molecule has 0 amide bonds. The highest BCUT2D eigenvalue weighted by Gasteiger charge is 2.33. The van der Waals surface area contributed by atoms with Crippen molar-refractivity contribution in [2.45, 2.75) is 32.4 Å². The molecule has 0 saturated carbocycles. The third-order valence-corrected chi connectivity index (χ3v) is 4.11. The molecule has 1 aromatic carbocycles. The van der Waals surface area contributed by atoms with Gasteiger partial charge in [0.15, 0.2) is 0 Å². The number of aliphatic hydroxyl groups excluding tert-OH is 1. The van der Waals surface area contributed by atoms with Crippen LogP contribution in [0.4, 0.5) is 0 Å². The van der Waals surface area contributed by atoms with E-state index in [0.29, 0.717) is 0 Å². The van der Waals surface area contributed by atoms with Gasteiger partial charge in [0, 0.05) is 5.69 Å². The second-order valence-electron chi connectivity index (χ2n) is 5.10. The average molecular weight is 258 g/mol. The molecule has 1 aromatic heterocycles. The van der Waals surface area contributed by atoms with Crippen LogP contribution in [0.25, 0.3) is 0 Å². The number of nitrogens with zero attached hydrogens (tertiary/aromatic N) is 2. The smallest absolute Gasteiger partial charge is 0.119 e. The van der Waals surface area contributed by atoms with Crippen molar-refractivity contribution in [3.63, 3.8) is 0 Å². The zero-order valence-corrected chi connectivity index (χ0v) is 11.4. The van der Waals surface area contributed by atoms with Crippen LogP contribution in [-0.4, -0.2) is 21.8 Å². The zero-order valence-electron chi connectivity index (χ0n) is 11.4. The van der Waals surface area contributed by atoms with Crippen molar-refractivity contribution in [2.24, 2.45) is 0 Å². The van der Waals surface area contributed by atoms with Crippen molar-refractivity contribution < 1.29 is 9.84 Å². The molecule has 0 fully saturated rings. The maximum absolute atomic E-state index is 10.5. The van der Waals surface area contributed by atoms with E-state index >= 15 is 0 Å². The fourth-order valence-electron chi connectivity index (χ4n) is 2.81. The molecule has 1 N–H and O–H groups in total. The number of methoxy groups -OCH3 is 1. The third kappa shape index (κ3) is 1.83. The summed E-state index contributed by atoms with van der Waals surface area (Å²) in [5, 5.41) is 10.5. The molecule has 0 bridgehead atoms. The van der Waals surface area contributed by atoms with E-state index in [9.17, 15) is 5.11 Å². The fraction of sp³-hybridized carbons (Fsp3) is 0.400. The molecular formula is C15H18N2O2. The fourth-order valence-corrected chi connectivity index (χ4v) is 2.81. The molecule has 0 saturated heterocycles. The third-order valence-electron chi connectivity index (χ3n) is 4.11. The highest BCUT2D eigenvalue weighted by molar-refractivity contribution is 5.41. The lowest BCUT2D eigenvalue weighted by atomic mass is 10.1. The van der Waals surface area contributed by atoms with Crippen LogP contribution in [0, 0.1) is 13.8 Å². The summed E-state index contributed by atoms with van der Waals surface area (Å²) in [6.07, 6.45) is 2.15. The van der Waals surface area contributed by atoms with Crippen molar-refractivity contribution >= 4 is 0 Å². The molecule has 2 unspecified atom stereocenters. The van der Waals surface area contributed by atoms with Gasteiger partial charge in [-0.25, -0.2) is 4.98 Å². The van der Waals surface area contributed by atoms with Crippen LogP contribution in [-0.2, 0) is 6.42 Å². The minimum atomic E-state index is -0.502. The van der Waals surface area contributed by atoms with Crippen molar-refractivity contribution in [3.8, 4) is 5.75 Å². The van der Waals surface area contributed by atoms with Crippen LogP contribution in [0.1, 0.15) is 34.7 Å². The second-order valence-corrected chi connectivity index (χ2v) is 5.10. The van der Waals surface area contributed by atoms with Crippen molar-refractivity contribution in [1.29, 1.82) is 0 Å². The zero-order chi connectivity index (χ0) is 13.6. The van der Waals surface area contributed by atoms with E-state index in [-0.39, 0.29) is 6.04 Å². The molecule has 1 aliphatic rings. The van der Waals surface area contributed by atoms with E-state index < -0.39 is 6.10 Å². The van der Waals surface area contributed by atoms with Crippen LogP contribution in [0.15, 0.2) is 24.5 Å². The van der Waals surface area contributed by atoms with Crippen molar-refractivity contribution in [2.75, 3.05) is 7.11 Å². The van der Waals surface area contributed by atoms with Crippen LogP contribution < -0.4 is 4.74 Å². The van der Waals surface area contributed by atoms with Crippen LogP contribution in [0.2, 0.25) is 0 Å². The number of fused-ring (bicyclic) bond motifs is 1. The van der Waals surface area contributed by atoms with Gasteiger partial charge in [-0.15, -0.1) is 0 Å². The van der Waals surface area contributed by atoms with Gasteiger partial charge >= 0.3 is 0 Å². The maximum Gasteiger partial charge on any atom is 0.119 e. The minimum absolute atomic E-state index is 0.0308. The summed E-state index contributed by atoms with van der Waals surface area (Å²) in [5.41, 5.74) is 4.28. The molecular weight excluding hydrogens is 240 g/mol. The lowest BCUT2D eigenvalue weighted by Crippen LogP contribution is -2.14. The molecule has 1 aliphatic carbocycles. The topological polar surface area (TPSA) is 47.3 Å². The number of aliphatic hydroxyl groups is 1. The van der Waals surface area contributed by atoms with Crippen LogP contribution in [0.5, 0.6) is 5.75 Å². The molecule has 2 atom stereocenters.